The number of aromatic amines is 1. The van der Waals surface area contributed by atoms with E-state index in [1.807, 2.05) is 6.92 Å². The van der Waals surface area contributed by atoms with Crippen LogP contribution in [-0.2, 0) is 17.9 Å². The first-order chi connectivity index (χ1) is 11.9. The van der Waals surface area contributed by atoms with Gasteiger partial charge in [-0.05, 0) is 31.0 Å². The van der Waals surface area contributed by atoms with Crippen molar-refractivity contribution in [3.8, 4) is 0 Å². The number of nitrogens with one attached hydrogen (secondary N) is 1. The zero-order valence-corrected chi connectivity index (χ0v) is 15.5. The van der Waals surface area contributed by atoms with E-state index in [1.54, 1.807) is 35.6 Å². The number of carbonyl (C=O) groups excluding carboxylic acids is 1. The van der Waals surface area contributed by atoms with E-state index < -0.39 is 5.25 Å². The Balaban J connectivity index is 2.01. The minimum atomic E-state index is -0.408. The molecule has 1 aromatic carbocycles. The third kappa shape index (κ3) is 5.19. The second kappa shape index (κ2) is 8.84. The molecule has 2 rings (SSSR count). The van der Waals surface area contributed by atoms with Gasteiger partial charge in [-0.3, -0.25) is 9.36 Å². The first-order valence-corrected chi connectivity index (χ1v) is 9.11. The Morgan fingerprint density at radius 2 is 2.24 bits per heavy atom. The Bertz CT molecular complexity index is 774. The average Bonchev–Trinajstić information content (AvgIpc) is 2.92. The first kappa shape index (κ1) is 19.2. The Morgan fingerprint density at radius 3 is 2.92 bits per heavy atom. The predicted octanol–water partition coefficient (Wildman–Crippen LogP) is 2.65. The lowest BCUT2D eigenvalue weighted by Gasteiger charge is -2.21. The number of hydrogen-bond donors (Lipinski definition) is 1. The average molecular weight is 366 g/mol. The van der Waals surface area contributed by atoms with Crippen molar-refractivity contribution in [2.24, 2.45) is 0 Å². The van der Waals surface area contributed by atoms with Crippen LogP contribution in [0.3, 0.4) is 0 Å². The SMILES string of the molecule is CCCCn1c(SC(C)C(=O)N(C)Cc2cccc(F)c2)n[nH]c1=O. The Morgan fingerprint density at radius 1 is 1.48 bits per heavy atom. The molecular formula is C17H23FN4O2S. The molecule has 0 spiro atoms. The van der Waals surface area contributed by atoms with Crippen LogP contribution >= 0.6 is 11.8 Å². The van der Waals surface area contributed by atoms with E-state index in [0.29, 0.717) is 18.2 Å². The summed E-state index contributed by atoms with van der Waals surface area (Å²) >= 11 is 1.25. The zero-order valence-electron chi connectivity index (χ0n) is 14.7. The zero-order chi connectivity index (χ0) is 18.4. The Labute approximate surface area is 150 Å². The summed E-state index contributed by atoms with van der Waals surface area (Å²) in [6, 6.07) is 6.19. The number of aromatic nitrogens is 3. The number of hydrogen-bond acceptors (Lipinski definition) is 4. The number of carbonyl (C=O) groups is 1. The fourth-order valence-corrected chi connectivity index (χ4v) is 3.41. The van der Waals surface area contributed by atoms with Gasteiger partial charge in [0.25, 0.3) is 0 Å². The summed E-state index contributed by atoms with van der Waals surface area (Å²) < 4.78 is 14.8. The summed E-state index contributed by atoms with van der Waals surface area (Å²) in [6.45, 7) is 4.72. The van der Waals surface area contributed by atoms with Crippen LogP contribution in [-0.4, -0.2) is 37.9 Å². The quantitative estimate of drug-likeness (QED) is 0.729. The fraction of sp³-hybridized carbons (Fsp3) is 0.471. The van der Waals surface area contributed by atoms with E-state index in [0.717, 1.165) is 18.4 Å². The number of halogens is 1. The summed E-state index contributed by atoms with van der Waals surface area (Å²) in [5, 5.41) is 6.55. The number of unbranched alkanes of at least 4 members (excludes halogenated alkanes) is 1. The molecule has 8 heteroatoms. The van der Waals surface area contributed by atoms with E-state index in [1.165, 1.54) is 23.9 Å². The second-order valence-corrected chi connectivity index (χ2v) is 7.21. The van der Waals surface area contributed by atoms with Gasteiger partial charge >= 0.3 is 5.69 Å². The van der Waals surface area contributed by atoms with Gasteiger partial charge < -0.3 is 4.90 Å². The minimum absolute atomic E-state index is 0.105. The molecule has 0 fully saturated rings. The fourth-order valence-electron chi connectivity index (χ4n) is 2.41. The van der Waals surface area contributed by atoms with Crippen LogP contribution < -0.4 is 5.69 Å². The van der Waals surface area contributed by atoms with Gasteiger partial charge in [-0.1, -0.05) is 37.2 Å². The van der Waals surface area contributed by atoms with Gasteiger partial charge in [-0.15, -0.1) is 5.10 Å². The largest absolute Gasteiger partial charge is 0.343 e. The number of nitrogens with zero attached hydrogens (tertiary/aromatic N) is 3. The molecule has 0 aliphatic carbocycles. The summed E-state index contributed by atoms with van der Waals surface area (Å²) in [6.07, 6.45) is 1.83. The topological polar surface area (TPSA) is 71.0 Å². The van der Waals surface area contributed by atoms with Crippen molar-refractivity contribution < 1.29 is 9.18 Å². The monoisotopic (exact) mass is 366 g/mol. The summed E-state index contributed by atoms with van der Waals surface area (Å²) in [7, 11) is 1.68. The van der Waals surface area contributed by atoms with Crippen molar-refractivity contribution in [1.82, 2.24) is 19.7 Å². The summed E-state index contributed by atoms with van der Waals surface area (Å²) in [5.74, 6) is -0.427. The molecule has 1 amide bonds. The third-order valence-corrected chi connectivity index (χ3v) is 4.85. The van der Waals surface area contributed by atoms with E-state index in [-0.39, 0.29) is 17.4 Å². The maximum Gasteiger partial charge on any atom is 0.343 e. The van der Waals surface area contributed by atoms with Crippen molar-refractivity contribution in [2.75, 3.05) is 7.05 Å². The smallest absolute Gasteiger partial charge is 0.340 e. The Kier molecular flexibility index (Phi) is 6.81. The highest BCUT2D eigenvalue weighted by molar-refractivity contribution is 8.00. The lowest BCUT2D eigenvalue weighted by atomic mass is 10.2. The van der Waals surface area contributed by atoms with Gasteiger partial charge in [0.2, 0.25) is 5.91 Å². The van der Waals surface area contributed by atoms with E-state index >= 15 is 0 Å². The van der Waals surface area contributed by atoms with Crippen LogP contribution in [0.4, 0.5) is 4.39 Å². The molecule has 6 nitrogen and oxygen atoms in total. The lowest BCUT2D eigenvalue weighted by molar-refractivity contribution is -0.129. The van der Waals surface area contributed by atoms with Gasteiger partial charge in [0.05, 0.1) is 5.25 Å². The molecule has 1 atom stereocenters. The van der Waals surface area contributed by atoms with Crippen molar-refractivity contribution in [3.63, 3.8) is 0 Å². The van der Waals surface area contributed by atoms with E-state index in [2.05, 4.69) is 10.2 Å². The summed E-state index contributed by atoms with van der Waals surface area (Å²) in [4.78, 5) is 25.9. The molecule has 0 aliphatic heterocycles. The molecule has 25 heavy (non-hydrogen) atoms. The van der Waals surface area contributed by atoms with E-state index in [4.69, 9.17) is 0 Å². The number of amides is 1. The van der Waals surface area contributed by atoms with Crippen LogP contribution in [0, 0.1) is 5.82 Å². The molecule has 0 aliphatic rings. The number of thioether (sulfide) groups is 1. The van der Waals surface area contributed by atoms with Gasteiger partial charge in [0.15, 0.2) is 5.16 Å². The van der Waals surface area contributed by atoms with Gasteiger partial charge in [0.1, 0.15) is 5.82 Å². The predicted molar refractivity (Wildman–Crippen MR) is 95.9 cm³/mol. The highest BCUT2D eigenvalue weighted by atomic mass is 32.2. The molecule has 2 aromatic rings. The van der Waals surface area contributed by atoms with Crippen LogP contribution in [0.1, 0.15) is 32.3 Å². The van der Waals surface area contributed by atoms with Crippen LogP contribution in [0.15, 0.2) is 34.2 Å². The standard InChI is InChI=1S/C17H23FN4O2S/c1-4-5-9-22-16(24)19-20-17(22)25-12(2)15(23)21(3)11-13-7-6-8-14(18)10-13/h6-8,10,12H,4-5,9,11H2,1-3H3,(H,19,24). The normalized spacial score (nSPS) is 12.2. The minimum Gasteiger partial charge on any atom is -0.340 e. The van der Waals surface area contributed by atoms with Gasteiger partial charge in [0, 0.05) is 20.1 Å². The van der Waals surface area contributed by atoms with Crippen molar-refractivity contribution >= 4 is 17.7 Å². The first-order valence-electron chi connectivity index (χ1n) is 8.23. The van der Waals surface area contributed by atoms with Crippen molar-refractivity contribution in [3.05, 3.63) is 46.1 Å². The molecule has 0 saturated carbocycles. The molecular weight excluding hydrogens is 343 g/mol. The van der Waals surface area contributed by atoms with Crippen LogP contribution in [0.25, 0.3) is 0 Å². The van der Waals surface area contributed by atoms with Gasteiger partial charge in [-0.2, -0.15) is 0 Å². The third-order valence-electron chi connectivity index (χ3n) is 3.77. The van der Waals surface area contributed by atoms with Crippen molar-refractivity contribution in [2.45, 2.75) is 50.2 Å². The highest BCUT2D eigenvalue weighted by Gasteiger charge is 2.22. The molecule has 1 unspecified atom stereocenters. The lowest BCUT2D eigenvalue weighted by Crippen LogP contribution is -2.33. The molecule has 0 bridgehead atoms. The summed E-state index contributed by atoms with van der Waals surface area (Å²) in [5.41, 5.74) is 0.469. The number of benzene rings is 1. The van der Waals surface area contributed by atoms with Gasteiger partial charge in [-0.25, -0.2) is 14.3 Å². The molecule has 1 heterocycles. The maximum absolute atomic E-state index is 13.3. The highest BCUT2D eigenvalue weighted by Crippen LogP contribution is 2.22. The molecule has 136 valence electrons. The maximum atomic E-state index is 13.3. The molecule has 1 aromatic heterocycles. The molecule has 0 radical (unpaired) electrons. The Hall–Kier alpha value is -2.09. The van der Waals surface area contributed by atoms with Crippen molar-refractivity contribution in [1.29, 1.82) is 0 Å². The van der Waals surface area contributed by atoms with E-state index in [9.17, 15) is 14.0 Å². The second-order valence-electron chi connectivity index (χ2n) is 5.90. The number of H-pyrrole nitrogens is 1. The molecule has 1 N–H and O–H groups in total. The molecule has 0 saturated heterocycles. The van der Waals surface area contributed by atoms with Crippen LogP contribution in [0.5, 0.6) is 0 Å². The van der Waals surface area contributed by atoms with Crippen LogP contribution in [0.2, 0.25) is 0 Å². The number of rotatable bonds is 8.